The average Bonchev–Trinajstić information content (AvgIpc) is 2.85. The van der Waals surface area contributed by atoms with Gasteiger partial charge in [-0.1, -0.05) is 0 Å². The third-order valence-corrected chi connectivity index (χ3v) is 2.72. The molecule has 0 unspecified atom stereocenters. The summed E-state index contributed by atoms with van der Waals surface area (Å²) in [6, 6.07) is 6.67. The van der Waals surface area contributed by atoms with Gasteiger partial charge < -0.3 is 14.5 Å². The highest BCUT2D eigenvalue weighted by atomic mass is 16.7. The van der Waals surface area contributed by atoms with Gasteiger partial charge in [-0.05, 0) is 18.2 Å². The van der Waals surface area contributed by atoms with E-state index >= 15 is 0 Å². The largest absolute Gasteiger partial charge is 0.454 e. The lowest BCUT2D eigenvalue weighted by atomic mass is 10.1. The standard InChI is InChI=1S/C12H7N3O4/c13-4-7-10(14-12(17)15-11(7)16)6-1-2-8-9(3-6)19-5-18-8/h1-3H,5H2,(H2,14,15,16,17). The molecule has 7 nitrogen and oxygen atoms in total. The van der Waals surface area contributed by atoms with Crippen molar-refractivity contribution in [3.8, 4) is 28.8 Å². The molecule has 0 saturated carbocycles. The van der Waals surface area contributed by atoms with Gasteiger partial charge in [-0.2, -0.15) is 5.26 Å². The number of nitrogens with one attached hydrogen (secondary N) is 2. The molecule has 19 heavy (non-hydrogen) atoms. The van der Waals surface area contributed by atoms with E-state index in [9.17, 15) is 9.59 Å². The number of hydrogen-bond donors (Lipinski definition) is 2. The Morgan fingerprint density at radius 1 is 1.16 bits per heavy atom. The van der Waals surface area contributed by atoms with Crippen LogP contribution in [-0.4, -0.2) is 16.8 Å². The lowest BCUT2D eigenvalue weighted by Crippen LogP contribution is -2.25. The smallest absolute Gasteiger partial charge is 0.326 e. The molecule has 0 amide bonds. The molecule has 1 aliphatic rings. The Hall–Kier alpha value is -3.01. The highest BCUT2D eigenvalue weighted by molar-refractivity contribution is 5.69. The van der Waals surface area contributed by atoms with Crippen molar-refractivity contribution in [2.75, 3.05) is 6.79 Å². The average molecular weight is 257 g/mol. The minimum atomic E-state index is -0.723. The zero-order chi connectivity index (χ0) is 13.4. The molecule has 0 saturated heterocycles. The quantitative estimate of drug-likeness (QED) is 0.765. The van der Waals surface area contributed by atoms with Gasteiger partial charge in [0, 0.05) is 5.56 Å². The Balaban J connectivity index is 2.26. The van der Waals surface area contributed by atoms with E-state index in [0.29, 0.717) is 17.1 Å². The topological polar surface area (TPSA) is 108 Å². The molecule has 0 spiro atoms. The van der Waals surface area contributed by atoms with Crippen LogP contribution in [0.5, 0.6) is 11.5 Å². The summed E-state index contributed by atoms with van der Waals surface area (Å²) in [6.07, 6.45) is 0. The van der Waals surface area contributed by atoms with Gasteiger partial charge in [0.2, 0.25) is 6.79 Å². The summed E-state index contributed by atoms with van der Waals surface area (Å²) in [6.45, 7) is 0.121. The third kappa shape index (κ3) is 1.75. The summed E-state index contributed by atoms with van der Waals surface area (Å²) in [4.78, 5) is 27.3. The molecule has 2 heterocycles. The number of H-pyrrole nitrogens is 2. The highest BCUT2D eigenvalue weighted by Gasteiger charge is 2.17. The lowest BCUT2D eigenvalue weighted by Gasteiger charge is -2.04. The molecule has 2 aromatic rings. The minimum absolute atomic E-state index is 0.121. The van der Waals surface area contributed by atoms with E-state index in [2.05, 4.69) is 4.98 Å². The van der Waals surface area contributed by atoms with E-state index in [4.69, 9.17) is 14.7 Å². The number of aromatic nitrogens is 2. The zero-order valence-corrected chi connectivity index (χ0v) is 9.52. The van der Waals surface area contributed by atoms with Crippen molar-refractivity contribution < 1.29 is 9.47 Å². The summed E-state index contributed by atoms with van der Waals surface area (Å²) in [5.41, 5.74) is -0.882. The fraction of sp³-hybridized carbons (Fsp3) is 0.0833. The van der Waals surface area contributed by atoms with E-state index in [1.807, 2.05) is 4.98 Å². The summed E-state index contributed by atoms with van der Waals surface area (Å²) in [5.74, 6) is 1.08. The minimum Gasteiger partial charge on any atom is -0.454 e. The van der Waals surface area contributed by atoms with Gasteiger partial charge in [-0.15, -0.1) is 0 Å². The monoisotopic (exact) mass is 257 g/mol. The summed E-state index contributed by atoms with van der Waals surface area (Å²) < 4.78 is 10.4. The van der Waals surface area contributed by atoms with Gasteiger partial charge in [0.15, 0.2) is 11.5 Å². The Bertz CT molecular complexity index is 813. The first-order valence-electron chi connectivity index (χ1n) is 5.36. The maximum Gasteiger partial charge on any atom is 0.326 e. The Labute approximate surface area is 106 Å². The predicted molar refractivity (Wildman–Crippen MR) is 64.0 cm³/mol. The molecular weight excluding hydrogens is 250 g/mol. The Morgan fingerprint density at radius 3 is 2.74 bits per heavy atom. The number of aromatic amines is 2. The van der Waals surface area contributed by atoms with Crippen LogP contribution in [0.1, 0.15) is 5.56 Å². The molecule has 1 aromatic carbocycles. The van der Waals surface area contributed by atoms with Crippen LogP contribution in [0.4, 0.5) is 0 Å². The van der Waals surface area contributed by atoms with E-state index in [-0.39, 0.29) is 18.1 Å². The molecule has 1 aromatic heterocycles. The van der Waals surface area contributed by atoms with Crippen LogP contribution in [0, 0.1) is 11.3 Å². The van der Waals surface area contributed by atoms with Crippen LogP contribution in [0.25, 0.3) is 11.3 Å². The molecule has 0 bridgehead atoms. The van der Waals surface area contributed by atoms with Crippen LogP contribution in [-0.2, 0) is 0 Å². The zero-order valence-electron chi connectivity index (χ0n) is 9.52. The summed E-state index contributed by atoms with van der Waals surface area (Å²) >= 11 is 0. The maximum atomic E-state index is 11.5. The molecule has 94 valence electrons. The van der Waals surface area contributed by atoms with Gasteiger partial charge in [-0.3, -0.25) is 9.78 Å². The second-order valence-corrected chi connectivity index (χ2v) is 3.84. The van der Waals surface area contributed by atoms with Gasteiger partial charge in [-0.25, -0.2) is 4.79 Å². The number of nitriles is 1. The number of benzene rings is 1. The van der Waals surface area contributed by atoms with Crippen molar-refractivity contribution in [3.63, 3.8) is 0 Å². The molecule has 7 heteroatoms. The Morgan fingerprint density at radius 2 is 1.95 bits per heavy atom. The molecule has 0 aliphatic carbocycles. The Kier molecular flexibility index (Phi) is 2.35. The van der Waals surface area contributed by atoms with Crippen molar-refractivity contribution in [2.24, 2.45) is 0 Å². The first-order chi connectivity index (χ1) is 9.19. The maximum absolute atomic E-state index is 11.5. The summed E-state index contributed by atoms with van der Waals surface area (Å²) in [7, 11) is 0. The molecular formula is C12H7N3O4. The van der Waals surface area contributed by atoms with Gasteiger partial charge in [0.1, 0.15) is 11.6 Å². The first kappa shape index (κ1) is 11.1. The molecule has 0 fully saturated rings. The van der Waals surface area contributed by atoms with Crippen molar-refractivity contribution in [1.82, 2.24) is 9.97 Å². The first-order valence-corrected chi connectivity index (χ1v) is 5.36. The molecule has 3 rings (SSSR count). The highest BCUT2D eigenvalue weighted by Crippen LogP contribution is 2.35. The fourth-order valence-corrected chi connectivity index (χ4v) is 1.86. The number of nitrogens with zero attached hydrogens (tertiary/aromatic N) is 1. The summed E-state index contributed by atoms with van der Waals surface area (Å²) in [5, 5.41) is 9.00. The van der Waals surface area contributed by atoms with E-state index < -0.39 is 11.2 Å². The number of hydrogen-bond acceptors (Lipinski definition) is 5. The van der Waals surface area contributed by atoms with Crippen LogP contribution >= 0.6 is 0 Å². The van der Waals surface area contributed by atoms with E-state index in [0.717, 1.165) is 0 Å². The van der Waals surface area contributed by atoms with Crippen LogP contribution in [0.2, 0.25) is 0 Å². The predicted octanol–water partition coefficient (Wildman–Crippen LogP) is 0.331. The van der Waals surface area contributed by atoms with Crippen LogP contribution in [0.3, 0.4) is 0 Å². The molecule has 1 aliphatic heterocycles. The van der Waals surface area contributed by atoms with Crippen molar-refractivity contribution in [2.45, 2.75) is 0 Å². The molecule has 0 radical (unpaired) electrons. The second kappa shape index (κ2) is 4.03. The van der Waals surface area contributed by atoms with Crippen molar-refractivity contribution >= 4 is 0 Å². The number of rotatable bonds is 1. The number of ether oxygens (including phenoxy) is 2. The molecule has 0 atom stereocenters. The van der Waals surface area contributed by atoms with Gasteiger partial charge >= 0.3 is 5.69 Å². The van der Waals surface area contributed by atoms with Crippen molar-refractivity contribution in [1.29, 1.82) is 5.26 Å². The number of fused-ring (bicyclic) bond motifs is 1. The van der Waals surface area contributed by atoms with E-state index in [1.165, 1.54) is 0 Å². The third-order valence-electron chi connectivity index (χ3n) is 2.72. The van der Waals surface area contributed by atoms with E-state index in [1.54, 1.807) is 24.3 Å². The fourth-order valence-electron chi connectivity index (χ4n) is 1.86. The van der Waals surface area contributed by atoms with Gasteiger partial charge in [0.05, 0.1) is 5.69 Å². The lowest BCUT2D eigenvalue weighted by molar-refractivity contribution is 0.174. The SMILES string of the molecule is N#Cc1c(-c2ccc3c(c2)OCO3)[nH]c(=O)[nH]c1=O. The normalized spacial score (nSPS) is 12.2. The molecule has 2 N–H and O–H groups in total. The van der Waals surface area contributed by atoms with Crippen LogP contribution in [0.15, 0.2) is 27.8 Å². The van der Waals surface area contributed by atoms with Crippen molar-refractivity contribution in [3.05, 3.63) is 44.6 Å². The van der Waals surface area contributed by atoms with Crippen LogP contribution < -0.4 is 20.7 Å². The van der Waals surface area contributed by atoms with Gasteiger partial charge in [0.25, 0.3) is 5.56 Å². The second-order valence-electron chi connectivity index (χ2n) is 3.84.